The average molecular weight is 399 g/mol. The van der Waals surface area contributed by atoms with Gasteiger partial charge in [-0.3, -0.25) is 9.69 Å². The molecule has 0 saturated carbocycles. The van der Waals surface area contributed by atoms with Gasteiger partial charge in [0.25, 0.3) is 5.91 Å². The molecule has 150 valence electrons. The molecule has 1 heterocycles. The van der Waals surface area contributed by atoms with E-state index in [1.54, 1.807) is 25.7 Å². The van der Waals surface area contributed by atoms with Crippen LogP contribution in [0.1, 0.15) is 31.1 Å². The molecule has 1 fully saturated rings. The van der Waals surface area contributed by atoms with Crippen LogP contribution in [-0.2, 0) is 19.7 Å². The van der Waals surface area contributed by atoms with Crippen molar-refractivity contribution in [2.75, 3.05) is 26.2 Å². The van der Waals surface area contributed by atoms with Crippen molar-refractivity contribution in [3.05, 3.63) is 29.8 Å². The Morgan fingerprint density at radius 3 is 2.15 bits per heavy atom. The van der Waals surface area contributed by atoms with E-state index in [1.807, 2.05) is 0 Å². The van der Waals surface area contributed by atoms with Crippen LogP contribution >= 0.6 is 0 Å². The molecule has 1 aliphatic rings. The van der Waals surface area contributed by atoms with E-state index in [9.17, 15) is 23.1 Å². The number of phenolic OH excluding ortho intramolecular Hbond substituents is 1. The summed E-state index contributed by atoms with van der Waals surface area (Å²) in [4.78, 5) is 30.8. The van der Waals surface area contributed by atoms with Crippen molar-refractivity contribution in [1.82, 2.24) is 14.7 Å². The number of amides is 1. The molecule has 1 unspecified atom stereocenters. The summed E-state index contributed by atoms with van der Waals surface area (Å²) < 4.78 is 25.8. The van der Waals surface area contributed by atoms with Crippen molar-refractivity contribution in [3.63, 3.8) is 0 Å². The summed E-state index contributed by atoms with van der Waals surface area (Å²) in [6.07, 6.45) is 0. The van der Waals surface area contributed by atoms with Crippen LogP contribution in [-0.4, -0.2) is 72.1 Å². The second kappa shape index (κ2) is 8.68. The lowest BCUT2D eigenvalue weighted by molar-refractivity contribution is -0.155. The molecule has 2 N–H and O–H groups in total. The Labute approximate surface area is 158 Å². The van der Waals surface area contributed by atoms with E-state index in [0.29, 0.717) is 26.2 Å². The Morgan fingerprint density at radius 2 is 1.63 bits per heavy atom. The summed E-state index contributed by atoms with van der Waals surface area (Å²) in [7, 11) is -3.31. The SMILES string of the molecule is CC(C(=O)ONC(=O)c1ccc(O)cc1)N1CCN(S(=O)(=O)C(C)C)CC1. The van der Waals surface area contributed by atoms with E-state index in [-0.39, 0.29) is 11.3 Å². The highest BCUT2D eigenvalue weighted by Gasteiger charge is 2.33. The highest BCUT2D eigenvalue weighted by molar-refractivity contribution is 7.89. The number of nitrogens with one attached hydrogen (secondary N) is 1. The summed E-state index contributed by atoms with van der Waals surface area (Å²) >= 11 is 0. The van der Waals surface area contributed by atoms with Gasteiger partial charge in [0.05, 0.1) is 5.25 Å². The minimum atomic E-state index is -3.31. The van der Waals surface area contributed by atoms with Crippen molar-refractivity contribution in [2.24, 2.45) is 0 Å². The maximum absolute atomic E-state index is 12.2. The summed E-state index contributed by atoms with van der Waals surface area (Å²) in [6.45, 7) is 6.32. The van der Waals surface area contributed by atoms with Gasteiger partial charge in [0, 0.05) is 31.7 Å². The first-order chi connectivity index (χ1) is 12.6. The maximum Gasteiger partial charge on any atom is 0.348 e. The lowest BCUT2D eigenvalue weighted by Gasteiger charge is -2.36. The number of piperazine rings is 1. The minimum Gasteiger partial charge on any atom is -0.508 e. The predicted molar refractivity (Wildman–Crippen MR) is 98.3 cm³/mol. The molecule has 27 heavy (non-hydrogen) atoms. The third-order valence-corrected chi connectivity index (χ3v) is 6.77. The summed E-state index contributed by atoms with van der Waals surface area (Å²) in [6, 6.07) is 4.87. The third kappa shape index (κ3) is 5.18. The van der Waals surface area contributed by atoms with Crippen LogP contribution in [0.4, 0.5) is 0 Å². The van der Waals surface area contributed by atoms with E-state index in [0.717, 1.165) is 0 Å². The lowest BCUT2D eigenvalue weighted by atomic mass is 10.2. The zero-order valence-electron chi connectivity index (χ0n) is 15.6. The number of hydrogen-bond acceptors (Lipinski definition) is 7. The van der Waals surface area contributed by atoms with Crippen molar-refractivity contribution in [3.8, 4) is 5.75 Å². The second-order valence-electron chi connectivity index (χ2n) is 6.60. The van der Waals surface area contributed by atoms with Gasteiger partial charge in [-0.25, -0.2) is 13.2 Å². The fourth-order valence-corrected chi connectivity index (χ4v) is 3.91. The quantitative estimate of drug-likeness (QED) is 0.685. The zero-order chi connectivity index (χ0) is 20.2. The standard InChI is InChI=1S/C17H25N3O6S/c1-12(2)27(24,25)20-10-8-19(9-11-20)13(3)17(23)26-18-16(22)14-4-6-15(21)7-5-14/h4-7,12-13,21H,8-11H2,1-3H3,(H,18,22). The number of phenols is 1. The number of hydrogen-bond donors (Lipinski definition) is 2. The Kier molecular flexibility index (Phi) is 6.79. The molecule has 0 spiro atoms. The van der Waals surface area contributed by atoms with Gasteiger partial charge in [0.15, 0.2) is 0 Å². The molecule has 1 amide bonds. The van der Waals surface area contributed by atoms with Crippen LogP contribution < -0.4 is 5.48 Å². The van der Waals surface area contributed by atoms with E-state index in [1.165, 1.54) is 28.6 Å². The second-order valence-corrected chi connectivity index (χ2v) is 9.09. The number of aromatic hydroxyl groups is 1. The Bertz CT molecular complexity index is 770. The molecule has 2 rings (SSSR count). The van der Waals surface area contributed by atoms with Gasteiger partial charge in [0.1, 0.15) is 11.8 Å². The fraction of sp³-hybridized carbons (Fsp3) is 0.529. The van der Waals surface area contributed by atoms with Crippen molar-refractivity contribution >= 4 is 21.9 Å². The van der Waals surface area contributed by atoms with Gasteiger partial charge in [-0.2, -0.15) is 9.79 Å². The van der Waals surface area contributed by atoms with Crippen molar-refractivity contribution in [1.29, 1.82) is 0 Å². The van der Waals surface area contributed by atoms with E-state index >= 15 is 0 Å². The number of carbonyl (C=O) groups excluding carboxylic acids is 2. The highest BCUT2D eigenvalue weighted by atomic mass is 32.2. The lowest BCUT2D eigenvalue weighted by Crippen LogP contribution is -2.54. The van der Waals surface area contributed by atoms with Crippen LogP contribution in [0, 0.1) is 0 Å². The topological polar surface area (TPSA) is 116 Å². The predicted octanol–water partition coefficient (Wildman–Crippen LogP) is 0.325. The number of sulfonamides is 1. The summed E-state index contributed by atoms with van der Waals surface area (Å²) in [5, 5.41) is 8.72. The van der Waals surface area contributed by atoms with Crippen LogP contribution in [0.25, 0.3) is 0 Å². The first-order valence-corrected chi connectivity index (χ1v) is 10.2. The number of hydroxylamine groups is 1. The first kappa shape index (κ1) is 21.1. The smallest absolute Gasteiger partial charge is 0.348 e. The van der Waals surface area contributed by atoms with Gasteiger partial charge in [0.2, 0.25) is 10.0 Å². The molecule has 0 bridgehead atoms. The number of nitrogens with zero attached hydrogens (tertiary/aromatic N) is 2. The van der Waals surface area contributed by atoms with Gasteiger partial charge >= 0.3 is 5.97 Å². The molecule has 1 atom stereocenters. The van der Waals surface area contributed by atoms with Crippen LogP contribution in [0.5, 0.6) is 5.75 Å². The Hall–Kier alpha value is -2.17. The van der Waals surface area contributed by atoms with E-state index < -0.39 is 33.2 Å². The monoisotopic (exact) mass is 399 g/mol. The highest BCUT2D eigenvalue weighted by Crippen LogP contribution is 2.14. The molecule has 9 nitrogen and oxygen atoms in total. The largest absolute Gasteiger partial charge is 0.508 e. The van der Waals surface area contributed by atoms with Gasteiger partial charge < -0.3 is 9.94 Å². The van der Waals surface area contributed by atoms with E-state index in [2.05, 4.69) is 5.48 Å². The Balaban J connectivity index is 1.84. The molecular weight excluding hydrogens is 374 g/mol. The van der Waals surface area contributed by atoms with Gasteiger partial charge in [-0.05, 0) is 45.0 Å². The van der Waals surface area contributed by atoms with Crippen molar-refractivity contribution in [2.45, 2.75) is 32.1 Å². The molecule has 1 saturated heterocycles. The molecular formula is C17H25N3O6S. The summed E-state index contributed by atoms with van der Waals surface area (Å²) in [5.41, 5.74) is 2.32. The third-order valence-electron chi connectivity index (χ3n) is 4.49. The molecule has 1 aromatic carbocycles. The number of benzene rings is 1. The minimum absolute atomic E-state index is 0.0239. The summed E-state index contributed by atoms with van der Waals surface area (Å²) in [5.74, 6) is -1.22. The number of carbonyl (C=O) groups is 2. The van der Waals surface area contributed by atoms with Crippen LogP contribution in [0.3, 0.4) is 0 Å². The average Bonchev–Trinajstić information content (AvgIpc) is 2.65. The van der Waals surface area contributed by atoms with Gasteiger partial charge in [-0.1, -0.05) is 0 Å². The van der Waals surface area contributed by atoms with Crippen molar-refractivity contribution < 1.29 is 28.0 Å². The van der Waals surface area contributed by atoms with Crippen LogP contribution in [0.2, 0.25) is 0 Å². The fourth-order valence-electron chi connectivity index (χ4n) is 2.65. The maximum atomic E-state index is 12.2. The zero-order valence-corrected chi connectivity index (χ0v) is 16.4. The normalized spacial score (nSPS) is 17.5. The molecule has 0 aliphatic carbocycles. The molecule has 10 heteroatoms. The molecule has 0 radical (unpaired) electrons. The molecule has 0 aromatic heterocycles. The van der Waals surface area contributed by atoms with Gasteiger partial charge in [-0.15, -0.1) is 0 Å². The molecule has 1 aliphatic heterocycles. The Morgan fingerprint density at radius 1 is 1.07 bits per heavy atom. The van der Waals surface area contributed by atoms with E-state index in [4.69, 9.17) is 4.84 Å². The molecule has 1 aromatic rings. The first-order valence-electron chi connectivity index (χ1n) is 8.66. The van der Waals surface area contributed by atoms with Crippen LogP contribution in [0.15, 0.2) is 24.3 Å². The number of rotatable bonds is 5.